The molecule has 0 saturated heterocycles. The van der Waals surface area contributed by atoms with Crippen LogP contribution in [0.5, 0.6) is 0 Å². The number of anilines is 1. The van der Waals surface area contributed by atoms with Gasteiger partial charge in [0.2, 0.25) is 0 Å². The summed E-state index contributed by atoms with van der Waals surface area (Å²) in [6, 6.07) is 6.56. The number of thioether (sulfide) groups is 1. The molecular weight excluding hydrogens is 230 g/mol. The molecule has 0 saturated carbocycles. The fourth-order valence-corrected chi connectivity index (χ4v) is 4.61. The molecule has 0 bridgehead atoms. The van der Waals surface area contributed by atoms with Crippen LogP contribution in [0.25, 0.3) is 0 Å². The highest BCUT2D eigenvalue weighted by Gasteiger charge is 2.21. The molecular formula is C10H9NS3. The van der Waals surface area contributed by atoms with Crippen molar-refractivity contribution < 1.29 is 0 Å². The normalized spacial score (nSPS) is 20.1. The van der Waals surface area contributed by atoms with Crippen LogP contribution in [-0.4, -0.2) is 6.54 Å². The highest BCUT2D eigenvalue weighted by atomic mass is 32.2. The molecule has 1 unspecified atom stereocenters. The molecule has 0 fully saturated rings. The molecule has 1 N–H and O–H groups in total. The molecule has 14 heavy (non-hydrogen) atoms. The van der Waals surface area contributed by atoms with E-state index >= 15 is 0 Å². The molecule has 0 radical (unpaired) electrons. The van der Waals surface area contributed by atoms with Crippen LogP contribution in [0, 0.1) is 0 Å². The van der Waals surface area contributed by atoms with E-state index in [4.69, 9.17) is 0 Å². The van der Waals surface area contributed by atoms with E-state index in [1.54, 1.807) is 11.3 Å². The zero-order valence-electron chi connectivity index (χ0n) is 7.40. The summed E-state index contributed by atoms with van der Waals surface area (Å²) >= 11 is 5.63. The van der Waals surface area contributed by atoms with Crippen LogP contribution >= 0.6 is 34.4 Å². The van der Waals surface area contributed by atoms with Gasteiger partial charge in [-0.05, 0) is 22.9 Å². The van der Waals surface area contributed by atoms with E-state index in [0.717, 1.165) is 6.54 Å². The fraction of sp³-hybridized carbons (Fsp3) is 0.200. The van der Waals surface area contributed by atoms with E-state index in [2.05, 4.69) is 34.3 Å². The van der Waals surface area contributed by atoms with Gasteiger partial charge in [0.1, 0.15) is 5.00 Å². The summed E-state index contributed by atoms with van der Waals surface area (Å²) in [7, 11) is 0. The van der Waals surface area contributed by atoms with E-state index in [9.17, 15) is 0 Å². The Morgan fingerprint density at radius 2 is 2.21 bits per heavy atom. The van der Waals surface area contributed by atoms with Crippen LogP contribution in [0.3, 0.4) is 0 Å². The van der Waals surface area contributed by atoms with Gasteiger partial charge in [0, 0.05) is 16.3 Å². The monoisotopic (exact) mass is 239 g/mol. The summed E-state index contributed by atoms with van der Waals surface area (Å²) in [5.74, 6) is 0. The highest BCUT2D eigenvalue weighted by Crippen LogP contribution is 2.46. The lowest BCUT2D eigenvalue weighted by atomic mass is 10.3. The van der Waals surface area contributed by atoms with Crippen molar-refractivity contribution in [2.45, 2.75) is 10.1 Å². The Kier molecular flexibility index (Phi) is 2.27. The van der Waals surface area contributed by atoms with E-state index in [0.29, 0.717) is 5.25 Å². The van der Waals surface area contributed by atoms with E-state index < -0.39 is 0 Å². The molecule has 4 heteroatoms. The molecule has 1 aliphatic rings. The molecule has 0 amide bonds. The fourth-order valence-electron chi connectivity index (χ4n) is 1.53. The van der Waals surface area contributed by atoms with Crippen molar-refractivity contribution >= 4 is 39.4 Å². The molecule has 3 rings (SSSR count). The van der Waals surface area contributed by atoms with Crippen LogP contribution in [0.15, 0.2) is 33.9 Å². The predicted octanol–water partition coefficient (Wildman–Crippen LogP) is 4.07. The standard InChI is InChI=1S/C10H9NS3/c1-2-7(12-4-1)9-6-11-10-8(14-9)3-5-13-10/h1-5,9,11H,6H2. The van der Waals surface area contributed by atoms with Gasteiger partial charge in [-0.15, -0.1) is 34.4 Å². The van der Waals surface area contributed by atoms with E-state index in [1.165, 1.54) is 14.8 Å². The summed E-state index contributed by atoms with van der Waals surface area (Å²) in [5.41, 5.74) is 0. The third-order valence-corrected chi connectivity index (χ3v) is 5.64. The van der Waals surface area contributed by atoms with Crippen LogP contribution < -0.4 is 5.32 Å². The summed E-state index contributed by atoms with van der Waals surface area (Å²) in [4.78, 5) is 2.87. The van der Waals surface area contributed by atoms with Crippen LogP contribution in [-0.2, 0) is 0 Å². The van der Waals surface area contributed by atoms with Gasteiger partial charge in [0.25, 0.3) is 0 Å². The molecule has 72 valence electrons. The number of nitrogens with one attached hydrogen (secondary N) is 1. The van der Waals surface area contributed by atoms with Crippen molar-refractivity contribution in [1.29, 1.82) is 0 Å². The second-order valence-corrected chi connectivity index (χ2v) is 6.26. The smallest absolute Gasteiger partial charge is 0.102 e. The van der Waals surface area contributed by atoms with Crippen molar-refractivity contribution in [3.05, 3.63) is 33.8 Å². The Morgan fingerprint density at radius 1 is 1.21 bits per heavy atom. The number of hydrogen-bond acceptors (Lipinski definition) is 4. The summed E-state index contributed by atoms with van der Waals surface area (Å²) in [6.45, 7) is 1.05. The first-order chi connectivity index (χ1) is 6.93. The first kappa shape index (κ1) is 8.83. The second-order valence-electron chi connectivity index (χ2n) is 3.12. The SMILES string of the molecule is c1csc(C2CNc3sccc3S2)c1. The maximum Gasteiger partial charge on any atom is 0.102 e. The molecule has 0 aromatic carbocycles. The average molecular weight is 239 g/mol. The van der Waals surface area contributed by atoms with Crippen molar-refractivity contribution in [3.63, 3.8) is 0 Å². The summed E-state index contributed by atoms with van der Waals surface area (Å²) in [5, 5.41) is 9.72. The van der Waals surface area contributed by atoms with Gasteiger partial charge in [-0.3, -0.25) is 0 Å². The zero-order valence-corrected chi connectivity index (χ0v) is 9.85. The van der Waals surface area contributed by atoms with Crippen LogP contribution in [0.2, 0.25) is 0 Å². The molecule has 2 aromatic heterocycles. The molecule has 0 aliphatic carbocycles. The minimum Gasteiger partial charge on any atom is -0.375 e. The number of hydrogen-bond donors (Lipinski definition) is 1. The first-order valence-electron chi connectivity index (χ1n) is 4.45. The lowest BCUT2D eigenvalue weighted by Crippen LogP contribution is -2.12. The number of rotatable bonds is 1. The highest BCUT2D eigenvalue weighted by molar-refractivity contribution is 8.00. The van der Waals surface area contributed by atoms with E-state index in [-0.39, 0.29) is 0 Å². The van der Waals surface area contributed by atoms with Gasteiger partial charge in [0.15, 0.2) is 0 Å². The largest absolute Gasteiger partial charge is 0.375 e. The molecule has 1 nitrogen and oxygen atoms in total. The summed E-state index contributed by atoms with van der Waals surface area (Å²) < 4.78 is 0. The zero-order chi connectivity index (χ0) is 9.38. The Balaban J connectivity index is 1.88. The predicted molar refractivity (Wildman–Crippen MR) is 65.7 cm³/mol. The van der Waals surface area contributed by atoms with Crippen molar-refractivity contribution in [2.75, 3.05) is 11.9 Å². The van der Waals surface area contributed by atoms with Gasteiger partial charge in [-0.1, -0.05) is 6.07 Å². The molecule has 3 heterocycles. The number of fused-ring (bicyclic) bond motifs is 1. The maximum atomic E-state index is 3.49. The summed E-state index contributed by atoms with van der Waals surface area (Å²) in [6.07, 6.45) is 0. The van der Waals surface area contributed by atoms with Crippen molar-refractivity contribution in [2.24, 2.45) is 0 Å². The van der Waals surface area contributed by atoms with Crippen LogP contribution in [0.4, 0.5) is 5.00 Å². The van der Waals surface area contributed by atoms with Gasteiger partial charge < -0.3 is 5.32 Å². The first-order valence-corrected chi connectivity index (χ1v) is 7.09. The Morgan fingerprint density at radius 3 is 3.07 bits per heavy atom. The third-order valence-electron chi connectivity index (χ3n) is 2.21. The molecule has 1 atom stereocenters. The molecule has 0 spiro atoms. The van der Waals surface area contributed by atoms with Gasteiger partial charge in [-0.25, -0.2) is 0 Å². The maximum absolute atomic E-state index is 3.49. The second kappa shape index (κ2) is 3.61. The lowest BCUT2D eigenvalue weighted by molar-refractivity contribution is 0.995. The average Bonchev–Trinajstić information content (AvgIpc) is 2.88. The third kappa shape index (κ3) is 1.47. The van der Waals surface area contributed by atoms with E-state index in [1.807, 2.05) is 23.1 Å². The number of thiophene rings is 2. The lowest BCUT2D eigenvalue weighted by Gasteiger charge is -2.21. The van der Waals surface area contributed by atoms with Gasteiger partial charge in [0.05, 0.1) is 5.25 Å². The Labute approximate surface area is 95.2 Å². The van der Waals surface area contributed by atoms with Gasteiger partial charge >= 0.3 is 0 Å². The topological polar surface area (TPSA) is 12.0 Å². The van der Waals surface area contributed by atoms with Crippen molar-refractivity contribution in [3.8, 4) is 0 Å². The van der Waals surface area contributed by atoms with Gasteiger partial charge in [-0.2, -0.15) is 0 Å². The minimum absolute atomic E-state index is 0.595. The minimum atomic E-state index is 0.595. The van der Waals surface area contributed by atoms with Crippen molar-refractivity contribution in [1.82, 2.24) is 0 Å². The van der Waals surface area contributed by atoms with Crippen LogP contribution in [0.1, 0.15) is 10.1 Å². The Hall–Kier alpha value is -0.450. The quantitative estimate of drug-likeness (QED) is 0.805. The Bertz CT molecular complexity index is 418. The molecule has 2 aromatic rings. The molecule has 1 aliphatic heterocycles.